The van der Waals surface area contributed by atoms with Gasteiger partial charge in [-0.15, -0.1) is 0 Å². The van der Waals surface area contributed by atoms with E-state index in [9.17, 15) is 4.79 Å². The zero-order valence-corrected chi connectivity index (χ0v) is 15.9. The molecule has 0 amide bonds. The first kappa shape index (κ1) is 18.6. The monoisotopic (exact) mass is 352 g/mol. The maximum atomic E-state index is 11.5. The van der Waals surface area contributed by atoms with Gasteiger partial charge in [0.25, 0.3) is 0 Å². The molecule has 138 valence electrons. The molecule has 2 aromatic rings. The fourth-order valence-electron chi connectivity index (χ4n) is 3.82. The molecule has 2 atom stereocenters. The highest BCUT2D eigenvalue weighted by molar-refractivity contribution is 5.89. The van der Waals surface area contributed by atoms with E-state index in [-0.39, 0.29) is 5.97 Å². The summed E-state index contributed by atoms with van der Waals surface area (Å²) < 4.78 is 4.76. The van der Waals surface area contributed by atoms with Crippen molar-refractivity contribution in [1.82, 2.24) is 9.80 Å². The lowest BCUT2D eigenvalue weighted by Gasteiger charge is -2.44. The number of benzene rings is 2. The van der Waals surface area contributed by atoms with Crippen molar-refractivity contribution in [2.75, 3.05) is 20.2 Å². The molecule has 0 spiro atoms. The van der Waals surface area contributed by atoms with Crippen LogP contribution in [0.5, 0.6) is 0 Å². The molecule has 1 heterocycles. The average molecular weight is 352 g/mol. The number of carbonyl (C=O) groups excluding carboxylic acids is 1. The summed E-state index contributed by atoms with van der Waals surface area (Å²) in [4.78, 5) is 16.6. The second-order valence-corrected chi connectivity index (χ2v) is 7.24. The molecule has 0 N–H and O–H groups in total. The van der Waals surface area contributed by atoms with E-state index >= 15 is 0 Å². The van der Waals surface area contributed by atoms with E-state index in [4.69, 9.17) is 4.74 Å². The molecule has 4 nitrogen and oxygen atoms in total. The number of ether oxygens (including phenoxy) is 1. The second-order valence-electron chi connectivity index (χ2n) is 7.24. The number of hydrogen-bond donors (Lipinski definition) is 0. The third-order valence-electron chi connectivity index (χ3n) is 5.17. The number of carbonyl (C=O) groups is 1. The topological polar surface area (TPSA) is 32.8 Å². The number of esters is 1. The highest BCUT2D eigenvalue weighted by Gasteiger charge is 2.29. The van der Waals surface area contributed by atoms with Crippen molar-refractivity contribution in [3.8, 4) is 0 Å². The Hall–Kier alpha value is -2.17. The van der Waals surface area contributed by atoms with Gasteiger partial charge in [0.15, 0.2) is 0 Å². The van der Waals surface area contributed by atoms with E-state index in [0.29, 0.717) is 17.6 Å². The predicted molar refractivity (Wildman–Crippen MR) is 104 cm³/mol. The second kappa shape index (κ2) is 8.47. The van der Waals surface area contributed by atoms with Crippen LogP contribution in [0.25, 0.3) is 0 Å². The summed E-state index contributed by atoms with van der Waals surface area (Å²) >= 11 is 0. The van der Waals surface area contributed by atoms with Crippen LogP contribution >= 0.6 is 0 Å². The van der Waals surface area contributed by atoms with Crippen LogP contribution in [0.4, 0.5) is 0 Å². The van der Waals surface area contributed by atoms with E-state index in [1.807, 2.05) is 24.3 Å². The Balaban J connectivity index is 1.59. The Morgan fingerprint density at radius 2 is 1.50 bits per heavy atom. The first-order valence-corrected chi connectivity index (χ1v) is 9.26. The van der Waals surface area contributed by atoms with Crippen LogP contribution in [0.1, 0.15) is 35.3 Å². The van der Waals surface area contributed by atoms with E-state index in [1.165, 1.54) is 18.2 Å². The van der Waals surface area contributed by atoms with Gasteiger partial charge in [-0.3, -0.25) is 9.80 Å². The SMILES string of the molecule is COC(=O)c1ccc(CN2C[C@@H](C)N(Cc3ccccc3)[C@H](C)C2)cc1. The van der Waals surface area contributed by atoms with Crippen LogP contribution < -0.4 is 0 Å². The lowest BCUT2D eigenvalue weighted by molar-refractivity contribution is 0.0290. The summed E-state index contributed by atoms with van der Waals surface area (Å²) in [6.07, 6.45) is 0. The molecule has 0 aliphatic carbocycles. The number of nitrogens with zero attached hydrogens (tertiary/aromatic N) is 2. The molecule has 0 unspecified atom stereocenters. The summed E-state index contributed by atoms with van der Waals surface area (Å²) in [7, 11) is 1.41. The molecule has 4 heteroatoms. The van der Waals surface area contributed by atoms with Crippen molar-refractivity contribution >= 4 is 5.97 Å². The van der Waals surface area contributed by atoms with Crippen LogP contribution in [0.3, 0.4) is 0 Å². The molecule has 26 heavy (non-hydrogen) atoms. The summed E-state index contributed by atoms with van der Waals surface area (Å²) in [6.45, 7) is 8.64. The standard InChI is InChI=1S/C22H28N2O2/c1-17-13-23(15-20-9-11-21(12-10-20)22(25)26-3)14-18(2)24(17)16-19-7-5-4-6-8-19/h4-12,17-18H,13-16H2,1-3H3/t17-,18-/m1/s1. The van der Waals surface area contributed by atoms with Gasteiger partial charge in [-0.25, -0.2) is 4.79 Å². The van der Waals surface area contributed by atoms with E-state index in [0.717, 1.165) is 26.2 Å². The lowest BCUT2D eigenvalue weighted by atomic mass is 10.0. The van der Waals surface area contributed by atoms with Gasteiger partial charge in [0, 0.05) is 38.3 Å². The maximum absolute atomic E-state index is 11.5. The Morgan fingerprint density at radius 1 is 0.923 bits per heavy atom. The predicted octanol–water partition coefficient (Wildman–Crippen LogP) is 3.57. The molecular weight excluding hydrogens is 324 g/mol. The Kier molecular flexibility index (Phi) is 6.07. The van der Waals surface area contributed by atoms with Gasteiger partial charge >= 0.3 is 5.97 Å². The third-order valence-corrected chi connectivity index (χ3v) is 5.17. The fraction of sp³-hybridized carbons (Fsp3) is 0.409. The fourth-order valence-corrected chi connectivity index (χ4v) is 3.82. The minimum absolute atomic E-state index is 0.284. The van der Waals surface area contributed by atoms with Crippen LogP contribution in [-0.4, -0.2) is 48.1 Å². The molecule has 0 bridgehead atoms. The largest absolute Gasteiger partial charge is 0.465 e. The zero-order valence-electron chi connectivity index (χ0n) is 15.9. The summed E-state index contributed by atoms with van der Waals surface area (Å²) in [5.41, 5.74) is 3.21. The highest BCUT2D eigenvalue weighted by Crippen LogP contribution is 2.20. The Labute approximate surface area is 156 Å². The van der Waals surface area contributed by atoms with Crippen LogP contribution in [0.2, 0.25) is 0 Å². The lowest BCUT2D eigenvalue weighted by Crippen LogP contribution is -2.55. The van der Waals surface area contributed by atoms with Crippen molar-refractivity contribution < 1.29 is 9.53 Å². The molecule has 0 radical (unpaired) electrons. The third kappa shape index (κ3) is 4.51. The minimum Gasteiger partial charge on any atom is -0.465 e. The molecule has 2 aromatic carbocycles. The molecule has 1 saturated heterocycles. The first-order chi connectivity index (χ1) is 12.6. The smallest absolute Gasteiger partial charge is 0.337 e. The molecule has 0 aromatic heterocycles. The summed E-state index contributed by atoms with van der Waals surface area (Å²) in [5, 5.41) is 0. The Morgan fingerprint density at radius 3 is 2.08 bits per heavy atom. The van der Waals surface area contributed by atoms with Gasteiger partial charge in [0.2, 0.25) is 0 Å². The number of piperazine rings is 1. The van der Waals surface area contributed by atoms with Crippen molar-refractivity contribution in [3.63, 3.8) is 0 Å². The number of hydrogen-bond acceptors (Lipinski definition) is 4. The van der Waals surface area contributed by atoms with Gasteiger partial charge in [-0.05, 0) is 37.1 Å². The van der Waals surface area contributed by atoms with Crippen molar-refractivity contribution in [3.05, 3.63) is 71.3 Å². The van der Waals surface area contributed by atoms with Crippen molar-refractivity contribution in [1.29, 1.82) is 0 Å². The zero-order chi connectivity index (χ0) is 18.5. The average Bonchev–Trinajstić information content (AvgIpc) is 2.65. The normalized spacial score (nSPS) is 21.5. The van der Waals surface area contributed by atoms with Crippen LogP contribution in [-0.2, 0) is 17.8 Å². The summed E-state index contributed by atoms with van der Waals surface area (Å²) in [6, 6.07) is 19.5. The van der Waals surface area contributed by atoms with Crippen molar-refractivity contribution in [2.24, 2.45) is 0 Å². The molecular formula is C22H28N2O2. The van der Waals surface area contributed by atoms with Gasteiger partial charge in [-0.2, -0.15) is 0 Å². The molecule has 3 rings (SSSR count). The van der Waals surface area contributed by atoms with Crippen LogP contribution in [0.15, 0.2) is 54.6 Å². The van der Waals surface area contributed by atoms with Gasteiger partial charge in [0.1, 0.15) is 0 Å². The quantitative estimate of drug-likeness (QED) is 0.770. The molecule has 1 aliphatic heterocycles. The van der Waals surface area contributed by atoms with Gasteiger partial charge in [-0.1, -0.05) is 42.5 Å². The highest BCUT2D eigenvalue weighted by atomic mass is 16.5. The summed E-state index contributed by atoms with van der Waals surface area (Å²) in [5.74, 6) is -0.284. The molecule has 0 saturated carbocycles. The van der Waals surface area contributed by atoms with E-state index in [1.54, 1.807) is 0 Å². The Bertz CT molecular complexity index is 703. The van der Waals surface area contributed by atoms with Crippen molar-refractivity contribution in [2.45, 2.75) is 39.0 Å². The van der Waals surface area contributed by atoms with E-state index < -0.39 is 0 Å². The number of rotatable bonds is 5. The molecule has 1 aliphatic rings. The van der Waals surface area contributed by atoms with Gasteiger partial charge < -0.3 is 4.74 Å². The maximum Gasteiger partial charge on any atom is 0.337 e. The van der Waals surface area contributed by atoms with Crippen LogP contribution in [0, 0.1) is 0 Å². The number of methoxy groups -OCH3 is 1. The minimum atomic E-state index is -0.284. The van der Waals surface area contributed by atoms with E-state index in [2.05, 4.69) is 54.0 Å². The molecule has 1 fully saturated rings. The first-order valence-electron chi connectivity index (χ1n) is 9.26. The van der Waals surface area contributed by atoms with Gasteiger partial charge in [0.05, 0.1) is 12.7 Å².